The van der Waals surface area contributed by atoms with Crippen molar-refractivity contribution in [2.45, 2.75) is 25.7 Å². The van der Waals surface area contributed by atoms with Gasteiger partial charge in [0.25, 0.3) is 0 Å². The second-order valence-corrected chi connectivity index (χ2v) is 5.98. The SMILES string of the molecule is CC(C)S(=O)(=O)Nc1ccc(F)c(CO)c1F. The lowest BCUT2D eigenvalue weighted by molar-refractivity contribution is 0.269. The summed E-state index contributed by atoms with van der Waals surface area (Å²) >= 11 is 0. The number of aliphatic hydroxyl groups excluding tert-OH is 1. The summed E-state index contributed by atoms with van der Waals surface area (Å²) < 4.78 is 51.7. The molecule has 96 valence electrons. The van der Waals surface area contributed by atoms with Crippen LogP contribution in [0.5, 0.6) is 0 Å². The van der Waals surface area contributed by atoms with Crippen LogP contribution in [0.15, 0.2) is 12.1 Å². The molecule has 0 bridgehead atoms. The van der Waals surface area contributed by atoms with Gasteiger partial charge >= 0.3 is 0 Å². The maximum atomic E-state index is 13.6. The number of nitrogens with one attached hydrogen (secondary N) is 1. The second kappa shape index (κ2) is 4.97. The zero-order valence-corrected chi connectivity index (χ0v) is 10.2. The maximum Gasteiger partial charge on any atom is 0.235 e. The molecule has 0 fully saturated rings. The molecule has 17 heavy (non-hydrogen) atoms. The van der Waals surface area contributed by atoms with Crippen LogP contribution in [-0.4, -0.2) is 18.8 Å². The lowest BCUT2D eigenvalue weighted by Crippen LogP contribution is -2.23. The van der Waals surface area contributed by atoms with E-state index >= 15 is 0 Å². The normalized spacial score (nSPS) is 11.9. The Balaban J connectivity index is 3.18. The van der Waals surface area contributed by atoms with Crippen molar-refractivity contribution in [2.24, 2.45) is 0 Å². The van der Waals surface area contributed by atoms with Gasteiger partial charge in [0.15, 0.2) is 5.82 Å². The molecular formula is C10H13F2NO3S. The van der Waals surface area contributed by atoms with E-state index in [-0.39, 0.29) is 5.69 Å². The summed E-state index contributed by atoms with van der Waals surface area (Å²) in [6.45, 7) is 2.02. The number of sulfonamides is 1. The molecule has 0 aliphatic rings. The van der Waals surface area contributed by atoms with Crippen molar-refractivity contribution in [1.82, 2.24) is 0 Å². The maximum absolute atomic E-state index is 13.6. The lowest BCUT2D eigenvalue weighted by Gasteiger charge is -2.13. The summed E-state index contributed by atoms with van der Waals surface area (Å²) in [7, 11) is -3.71. The molecule has 0 amide bonds. The van der Waals surface area contributed by atoms with Gasteiger partial charge in [0.1, 0.15) is 5.82 Å². The van der Waals surface area contributed by atoms with Crippen LogP contribution in [0.4, 0.5) is 14.5 Å². The van der Waals surface area contributed by atoms with Gasteiger partial charge in [0.05, 0.1) is 23.1 Å². The van der Waals surface area contributed by atoms with Gasteiger partial charge in [-0.3, -0.25) is 4.72 Å². The van der Waals surface area contributed by atoms with Crippen LogP contribution >= 0.6 is 0 Å². The van der Waals surface area contributed by atoms with Crippen molar-refractivity contribution in [3.05, 3.63) is 29.3 Å². The Labute approximate surface area is 98.3 Å². The first-order chi connectivity index (χ1) is 7.79. The van der Waals surface area contributed by atoms with Crippen LogP contribution in [0.3, 0.4) is 0 Å². The third-order valence-electron chi connectivity index (χ3n) is 2.22. The summed E-state index contributed by atoms with van der Waals surface area (Å²) in [4.78, 5) is 0. The van der Waals surface area contributed by atoms with Gasteiger partial charge < -0.3 is 5.11 Å². The highest BCUT2D eigenvalue weighted by molar-refractivity contribution is 7.93. The third kappa shape index (κ3) is 2.92. The molecule has 0 atom stereocenters. The monoisotopic (exact) mass is 265 g/mol. The first kappa shape index (κ1) is 13.9. The van der Waals surface area contributed by atoms with Gasteiger partial charge in [-0.25, -0.2) is 17.2 Å². The zero-order valence-electron chi connectivity index (χ0n) is 9.37. The van der Waals surface area contributed by atoms with Crippen LogP contribution in [0.2, 0.25) is 0 Å². The number of aliphatic hydroxyl groups is 1. The Bertz CT molecular complexity index is 515. The van der Waals surface area contributed by atoms with E-state index in [0.29, 0.717) is 0 Å². The summed E-state index contributed by atoms with van der Waals surface area (Å²) in [6.07, 6.45) is 0. The average Bonchev–Trinajstić information content (AvgIpc) is 2.23. The fraction of sp³-hybridized carbons (Fsp3) is 0.400. The van der Waals surface area contributed by atoms with E-state index in [2.05, 4.69) is 0 Å². The molecule has 0 aromatic heterocycles. The van der Waals surface area contributed by atoms with Crippen molar-refractivity contribution in [1.29, 1.82) is 0 Å². The zero-order chi connectivity index (χ0) is 13.2. The molecule has 2 N–H and O–H groups in total. The quantitative estimate of drug-likeness (QED) is 0.869. The predicted molar refractivity (Wildman–Crippen MR) is 60.0 cm³/mol. The fourth-order valence-corrected chi connectivity index (χ4v) is 1.79. The molecule has 0 saturated carbocycles. The number of hydrogen-bond acceptors (Lipinski definition) is 3. The van der Waals surface area contributed by atoms with Gasteiger partial charge in [0, 0.05) is 0 Å². The minimum atomic E-state index is -3.71. The standard InChI is InChI=1S/C10H13F2NO3S/c1-6(2)17(15,16)13-9-4-3-8(11)7(5-14)10(9)12/h3-4,6,13-14H,5H2,1-2H3. The Morgan fingerprint density at radius 1 is 1.35 bits per heavy atom. The van der Waals surface area contributed by atoms with Crippen molar-refractivity contribution in [3.63, 3.8) is 0 Å². The predicted octanol–water partition coefficient (Wildman–Crippen LogP) is 1.61. The molecule has 7 heteroatoms. The summed E-state index contributed by atoms with van der Waals surface area (Å²) in [6, 6.07) is 1.87. The molecule has 0 aliphatic heterocycles. The van der Waals surface area contributed by atoms with E-state index < -0.39 is 39.1 Å². The fourth-order valence-electron chi connectivity index (χ4n) is 1.09. The summed E-state index contributed by atoms with van der Waals surface area (Å²) in [5.41, 5.74) is -0.932. The molecular weight excluding hydrogens is 252 g/mol. The van der Waals surface area contributed by atoms with Crippen molar-refractivity contribution < 1.29 is 22.3 Å². The highest BCUT2D eigenvalue weighted by atomic mass is 32.2. The molecule has 4 nitrogen and oxygen atoms in total. The Morgan fingerprint density at radius 2 is 1.94 bits per heavy atom. The molecule has 0 radical (unpaired) electrons. The molecule has 1 aromatic carbocycles. The summed E-state index contributed by atoms with van der Waals surface area (Å²) in [5.74, 6) is -2.02. The van der Waals surface area contributed by atoms with Crippen LogP contribution in [-0.2, 0) is 16.6 Å². The summed E-state index contributed by atoms with van der Waals surface area (Å²) in [5, 5.41) is 8.03. The van der Waals surface area contributed by atoms with Gasteiger partial charge in [-0.2, -0.15) is 0 Å². The first-order valence-electron chi connectivity index (χ1n) is 4.89. The highest BCUT2D eigenvalue weighted by Gasteiger charge is 2.20. The van der Waals surface area contributed by atoms with Crippen molar-refractivity contribution >= 4 is 15.7 Å². The number of hydrogen-bond donors (Lipinski definition) is 2. The molecule has 0 aliphatic carbocycles. The van der Waals surface area contributed by atoms with Crippen LogP contribution < -0.4 is 4.72 Å². The Hall–Kier alpha value is -1.21. The second-order valence-electron chi connectivity index (χ2n) is 3.74. The van der Waals surface area contributed by atoms with E-state index in [4.69, 9.17) is 5.11 Å². The van der Waals surface area contributed by atoms with Crippen molar-refractivity contribution in [2.75, 3.05) is 4.72 Å². The minimum Gasteiger partial charge on any atom is -0.391 e. The van der Waals surface area contributed by atoms with Crippen LogP contribution in [0.1, 0.15) is 19.4 Å². The highest BCUT2D eigenvalue weighted by Crippen LogP contribution is 2.22. The number of benzene rings is 1. The van der Waals surface area contributed by atoms with Crippen molar-refractivity contribution in [3.8, 4) is 0 Å². The van der Waals surface area contributed by atoms with Gasteiger partial charge in [-0.05, 0) is 26.0 Å². The first-order valence-corrected chi connectivity index (χ1v) is 6.43. The molecule has 0 saturated heterocycles. The molecule has 0 unspecified atom stereocenters. The Kier molecular flexibility index (Phi) is 4.05. The van der Waals surface area contributed by atoms with Crippen LogP contribution in [0.25, 0.3) is 0 Å². The minimum absolute atomic E-state index is 0.371. The largest absolute Gasteiger partial charge is 0.391 e. The number of anilines is 1. The molecule has 1 rings (SSSR count). The van der Waals surface area contributed by atoms with E-state index in [1.807, 2.05) is 4.72 Å². The topological polar surface area (TPSA) is 66.4 Å². The Morgan fingerprint density at radius 3 is 2.41 bits per heavy atom. The van der Waals surface area contributed by atoms with Gasteiger partial charge in [-0.15, -0.1) is 0 Å². The molecule has 0 spiro atoms. The van der Waals surface area contributed by atoms with E-state index in [9.17, 15) is 17.2 Å². The number of halogens is 2. The van der Waals surface area contributed by atoms with Crippen LogP contribution in [0, 0.1) is 11.6 Å². The van der Waals surface area contributed by atoms with E-state index in [1.165, 1.54) is 13.8 Å². The number of rotatable bonds is 4. The third-order valence-corrected chi connectivity index (χ3v) is 3.96. The molecule has 1 aromatic rings. The average molecular weight is 265 g/mol. The smallest absolute Gasteiger partial charge is 0.235 e. The molecule has 0 heterocycles. The van der Waals surface area contributed by atoms with Gasteiger partial charge in [-0.1, -0.05) is 0 Å². The van der Waals surface area contributed by atoms with E-state index in [1.54, 1.807) is 0 Å². The lowest BCUT2D eigenvalue weighted by atomic mass is 10.2. The van der Waals surface area contributed by atoms with E-state index in [0.717, 1.165) is 12.1 Å². The van der Waals surface area contributed by atoms with Gasteiger partial charge in [0.2, 0.25) is 10.0 Å².